The summed E-state index contributed by atoms with van der Waals surface area (Å²) >= 11 is 0. The van der Waals surface area contributed by atoms with Gasteiger partial charge >= 0.3 is 12.1 Å². The number of amides is 1. The lowest BCUT2D eigenvalue weighted by Crippen LogP contribution is -2.29. The fraction of sp³-hybridized carbons (Fsp3) is 0.529. The van der Waals surface area contributed by atoms with Crippen LogP contribution in [-0.2, 0) is 27.5 Å². The van der Waals surface area contributed by atoms with Gasteiger partial charge in [0.2, 0.25) is 5.91 Å². The highest BCUT2D eigenvalue weighted by atomic mass is 19.4. The molecule has 2 N–H and O–H groups in total. The first-order valence-corrected chi connectivity index (χ1v) is 7.97. The van der Waals surface area contributed by atoms with Gasteiger partial charge in [0.25, 0.3) is 0 Å². The number of benzene rings is 1. The number of rotatable bonds is 7. The van der Waals surface area contributed by atoms with Crippen LogP contribution in [0.1, 0.15) is 30.4 Å². The normalized spacial score (nSPS) is 20.4. The number of carbonyl (C=O) groups is 2. The van der Waals surface area contributed by atoms with Crippen molar-refractivity contribution in [2.45, 2.75) is 38.6 Å². The third-order valence-electron chi connectivity index (χ3n) is 4.15. The molecule has 0 heterocycles. The number of hydrogen-bond donors (Lipinski definition) is 2. The van der Waals surface area contributed by atoms with Crippen molar-refractivity contribution in [3.8, 4) is 0 Å². The highest BCUT2D eigenvalue weighted by Crippen LogP contribution is 2.31. The lowest BCUT2D eigenvalue weighted by atomic mass is 10.0. The van der Waals surface area contributed by atoms with Crippen molar-refractivity contribution in [1.29, 1.82) is 0 Å². The molecule has 1 aromatic carbocycles. The molecule has 1 aliphatic carbocycles. The Hall–Kier alpha value is -2.09. The van der Waals surface area contributed by atoms with E-state index in [2.05, 4.69) is 10.1 Å². The number of aliphatic carboxylic acids is 1. The molecular weight excluding hydrogens is 339 g/mol. The Bertz CT molecular complexity index is 618. The first-order chi connectivity index (χ1) is 11.7. The first-order valence-electron chi connectivity index (χ1n) is 7.97. The van der Waals surface area contributed by atoms with Crippen LogP contribution in [0.25, 0.3) is 0 Å². The van der Waals surface area contributed by atoms with Crippen LogP contribution in [0.2, 0.25) is 0 Å². The minimum absolute atomic E-state index is 0.162. The topological polar surface area (TPSA) is 75.6 Å². The zero-order valence-electron chi connectivity index (χ0n) is 13.5. The number of nitrogens with one attached hydrogen (secondary N) is 1. The summed E-state index contributed by atoms with van der Waals surface area (Å²) in [6.45, 7) is -1.23. The van der Waals surface area contributed by atoms with E-state index >= 15 is 0 Å². The second kappa shape index (κ2) is 8.33. The van der Waals surface area contributed by atoms with Crippen molar-refractivity contribution in [2.75, 3.05) is 6.61 Å². The SMILES string of the molecule is O=C(O)[C@@H]1CC[C@H](C(=O)NCc2cccc(COCC(F)(F)F)c2)C1. The van der Waals surface area contributed by atoms with Crippen LogP contribution in [0.4, 0.5) is 13.2 Å². The molecule has 2 rings (SSSR count). The molecular formula is C17H20F3NO4. The fourth-order valence-electron chi connectivity index (χ4n) is 2.89. The van der Waals surface area contributed by atoms with Crippen LogP contribution in [0.15, 0.2) is 24.3 Å². The number of alkyl halides is 3. The van der Waals surface area contributed by atoms with Crippen LogP contribution < -0.4 is 5.32 Å². The van der Waals surface area contributed by atoms with Gasteiger partial charge in [0.1, 0.15) is 6.61 Å². The van der Waals surface area contributed by atoms with Gasteiger partial charge in [0.05, 0.1) is 12.5 Å². The standard InChI is InChI=1S/C17H20F3NO4/c18-17(19,20)10-25-9-12-3-1-2-11(6-12)8-21-15(22)13-4-5-14(7-13)16(23)24/h1-3,6,13-14H,4-5,7-10H2,(H,21,22)(H,23,24)/t13-,14+/m0/s1. The fourth-order valence-corrected chi connectivity index (χ4v) is 2.89. The molecule has 2 atom stereocenters. The molecule has 1 amide bonds. The molecule has 0 saturated heterocycles. The summed E-state index contributed by atoms with van der Waals surface area (Å²) in [5, 5.41) is 11.7. The summed E-state index contributed by atoms with van der Waals surface area (Å²) in [5.74, 6) is -1.84. The van der Waals surface area contributed by atoms with Gasteiger partial charge in [-0.2, -0.15) is 13.2 Å². The molecule has 1 fully saturated rings. The molecule has 1 saturated carbocycles. The largest absolute Gasteiger partial charge is 0.481 e. The first kappa shape index (κ1) is 19.2. The van der Waals surface area contributed by atoms with Gasteiger partial charge in [-0.1, -0.05) is 24.3 Å². The molecule has 0 radical (unpaired) electrons. The van der Waals surface area contributed by atoms with Gasteiger partial charge < -0.3 is 15.2 Å². The predicted molar refractivity (Wildman–Crippen MR) is 82.5 cm³/mol. The van der Waals surface area contributed by atoms with Gasteiger partial charge in [-0.05, 0) is 30.4 Å². The zero-order valence-corrected chi connectivity index (χ0v) is 13.5. The van der Waals surface area contributed by atoms with Crippen molar-refractivity contribution < 1.29 is 32.6 Å². The second-order valence-electron chi connectivity index (χ2n) is 6.19. The Labute approximate surface area is 143 Å². The lowest BCUT2D eigenvalue weighted by molar-refractivity contribution is -0.176. The van der Waals surface area contributed by atoms with Gasteiger partial charge in [-0.15, -0.1) is 0 Å². The van der Waals surface area contributed by atoms with E-state index in [0.717, 1.165) is 5.56 Å². The van der Waals surface area contributed by atoms with Crippen LogP contribution in [0, 0.1) is 11.8 Å². The molecule has 0 bridgehead atoms. The van der Waals surface area contributed by atoms with Crippen LogP contribution in [-0.4, -0.2) is 29.8 Å². The number of hydrogen-bond acceptors (Lipinski definition) is 3. The maximum Gasteiger partial charge on any atom is 0.411 e. The Kier molecular flexibility index (Phi) is 6.41. The number of carboxylic acid groups (broad SMARTS) is 1. The Balaban J connectivity index is 1.80. The molecule has 1 aliphatic rings. The number of carboxylic acids is 1. The van der Waals surface area contributed by atoms with Crippen molar-refractivity contribution in [1.82, 2.24) is 5.32 Å². The third kappa shape index (κ3) is 6.38. The van der Waals surface area contributed by atoms with Crippen molar-refractivity contribution in [2.24, 2.45) is 11.8 Å². The molecule has 8 heteroatoms. The van der Waals surface area contributed by atoms with Gasteiger partial charge in [-0.25, -0.2) is 0 Å². The molecule has 1 aromatic rings. The van der Waals surface area contributed by atoms with Crippen LogP contribution >= 0.6 is 0 Å². The van der Waals surface area contributed by atoms with Gasteiger partial charge in [0, 0.05) is 12.5 Å². The van der Waals surface area contributed by atoms with E-state index in [9.17, 15) is 22.8 Å². The van der Waals surface area contributed by atoms with E-state index in [0.29, 0.717) is 24.8 Å². The van der Waals surface area contributed by atoms with Crippen molar-refractivity contribution in [3.63, 3.8) is 0 Å². The summed E-state index contributed by atoms with van der Waals surface area (Å²) in [4.78, 5) is 23.0. The highest BCUT2D eigenvalue weighted by molar-refractivity contribution is 5.80. The molecule has 0 aliphatic heterocycles. The monoisotopic (exact) mass is 359 g/mol. The number of ether oxygens (including phenoxy) is 1. The van der Waals surface area contributed by atoms with Crippen LogP contribution in [0.5, 0.6) is 0 Å². The predicted octanol–water partition coefficient (Wildman–Crippen LogP) is 2.88. The molecule has 138 valence electrons. The molecule has 5 nitrogen and oxygen atoms in total. The van der Waals surface area contributed by atoms with E-state index in [-0.39, 0.29) is 25.0 Å². The maximum absolute atomic E-state index is 12.1. The summed E-state index contributed by atoms with van der Waals surface area (Å²) < 4.78 is 40.8. The van der Waals surface area contributed by atoms with E-state index in [4.69, 9.17) is 5.11 Å². The second-order valence-corrected chi connectivity index (χ2v) is 6.19. The number of carbonyl (C=O) groups excluding carboxylic acids is 1. The molecule has 0 spiro atoms. The summed E-state index contributed by atoms with van der Waals surface area (Å²) in [6.07, 6.45) is -2.97. The molecule has 0 aromatic heterocycles. The molecule has 0 unspecified atom stereocenters. The Morgan fingerprint density at radius 1 is 1.20 bits per heavy atom. The van der Waals surface area contributed by atoms with E-state index in [1.54, 1.807) is 24.3 Å². The third-order valence-corrected chi connectivity index (χ3v) is 4.15. The van der Waals surface area contributed by atoms with Gasteiger partial charge in [0.15, 0.2) is 0 Å². The van der Waals surface area contributed by atoms with E-state index in [1.165, 1.54) is 0 Å². The Morgan fingerprint density at radius 2 is 1.88 bits per heavy atom. The summed E-state index contributed by atoms with van der Waals surface area (Å²) in [7, 11) is 0. The van der Waals surface area contributed by atoms with Crippen LogP contribution in [0.3, 0.4) is 0 Å². The average Bonchev–Trinajstić information content (AvgIpc) is 3.02. The lowest BCUT2D eigenvalue weighted by Gasteiger charge is -2.12. The minimum Gasteiger partial charge on any atom is -0.481 e. The summed E-state index contributed by atoms with van der Waals surface area (Å²) in [5.41, 5.74) is 1.33. The number of halogens is 3. The van der Waals surface area contributed by atoms with Crippen molar-refractivity contribution in [3.05, 3.63) is 35.4 Å². The quantitative estimate of drug-likeness (QED) is 0.785. The smallest absolute Gasteiger partial charge is 0.411 e. The average molecular weight is 359 g/mol. The van der Waals surface area contributed by atoms with Crippen molar-refractivity contribution >= 4 is 11.9 Å². The minimum atomic E-state index is -4.36. The highest BCUT2D eigenvalue weighted by Gasteiger charge is 2.33. The maximum atomic E-state index is 12.1. The van der Waals surface area contributed by atoms with E-state index < -0.39 is 24.7 Å². The van der Waals surface area contributed by atoms with E-state index in [1.807, 2.05) is 0 Å². The summed E-state index contributed by atoms with van der Waals surface area (Å²) in [6, 6.07) is 6.76. The van der Waals surface area contributed by atoms with Gasteiger partial charge in [-0.3, -0.25) is 9.59 Å². The Morgan fingerprint density at radius 3 is 2.52 bits per heavy atom. The zero-order chi connectivity index (χ0) is 18.4. The molecule has 25 heavy (non-hydrogen) atoms.